The van der Waals surface area contributed by atoms with Crippen LogP contribution in [0.4, 0.5) is 13.2 Å². The molecule has 0 aliphatic heterocycles. The van der Waals surface area contributed by atoms with Crippen molar-refractivity contribution in [1.29, 1.82) is 0 Å². The standard InChI is InChI=1S/C19H19F3O2S/c1-13-5-2-6-14(15(11-10-13)19(20,21)22)16(23)7-3-8-17(24)18-9-4-12-25-18/h2,4,6,9-13H,3,5,7-8H2,1H3. The van der Waals surface area contributed by atoms with Crippen LogP contribution in [0.1, 0.15) is 42.3 Å². The number of carbonyl (C=O) groups is 2. The van der Waals surface area contributed by atoms with Crippen molar-refractivity contribution in [1.82, 2.24) is 0 Å². The molecule has 0 amide bonds. The van der Waals surface area contributed by atoms with Crippen LogP contribution >= 0.6 is 11.3 Å². The predicted octanol–water partition coefficient (Wildman–Crippen LogP) is 5.68. The number of hydrogen-bond acceptors (Lipinski definition) is 3. The van der Waals surface area contributed by atoms with Gasteiger partial charge in [0.05, 0.1) is 10.5 Å². The van der Waals surface area contributed by atoms with Crippen molar-refractivity contribution in [2.75, 3.05) is 0 Å². The highest BCUT2D eigenvalue weighted by Crippen LogP contribution is 2.32. The molecule has 2 rings (SSSR count). The van der Waals surface area contributed by atoms with Gasteiger partial charge >= 0.3 is 6.18 Å². The molecule has 2 nitrogen and oxygen atoms in total. The smallest absolute Gasteiger partial charge is 0.294 e. The van der Waals surface area contributed by atoms with E-state index in [2.05, 4.69) is 0 Å². The number of Topliss-reactive ketones (excluding diaryl/α,β-unsaturated/α-hetero) is 2. The lowest BCUT2D eigenvalue weighted by molar-refractivity contribution is -0.117. The molecule has 0 radical (unpaired) electrons. The zero-order chi connectivity index (χ0) is 18.4. The van der Waals surface area contributed by atoms with Gasteiger partial charge < -0.3 is 0 Å². The third-order valence-corrected chi connectivity index (χ3v) is 4.79. The summed E-state index contributed by atoms with van der Waals surface area (Å²) in [4.78, 5) is 24.8. The van der Waals surface area contributed by atoms with E-state index in [1.165, 1.54) is 23.5 Å². The number of alkyl halides is 3. The zero-order valence-electron chi connectivity index (χ0n) is 13.8. The van der Waals surface area contributed by atoms with Crippen molar-refractivity contribution in [3.8, 4) is 0 Å². The minimum absolute atomic E-state index is 0.0198. The zero-order valence-corrected chi connectivity index (χ0v) is 14.6. The van der Waals surface area contributed by atoms with Gasteiger partial charge in [-0.05, 0) is 30.2 Å². The highest BCUT2D eigenvalue weighted by Gasteiger charge is 2.35. The van der Waals surface area contributed by atoms with Gasteiger partial charge in [-0.25, -0.2) is 0 Å². The molecule has 1 aliphatic rings. The first-order chi connectivity index (χ1) is 11.8. The van der Waals surface area contributed by atoms with Crippen LogP contribution in [0.25, 0.3) is 0 Å². The van der Waals surface area contributed by atoms with Crippen LogP contribution in [0.2, 0.25) is 0 Å². The Morgan fingerprint density at radius 1 is 1.20 bits per heavy atom. The fourth-order valence-electron chi connectivity index (χ4n) is 2.51. The Bertz CT molecular complexity index is 710. The monoisotopic (exact) mass is 368 g/mol. The maximum absolute atomic E-state index is 13.3. The van der Waals surface area contributed by atoms with Crippen LogP contribution in [0.3, 0.4) is 0 Å². The molecule has 0 N–H and O–H groups in total. The predicted molar refractivity (Wildman–Crippen MR) is 92.6 cm³/mol. The van der Waals surface area contributed by atoms with E-state index in [0.717, 1.165) is 6.08 Å². The van der Waals surface area contributed by atoms with E-state index >= 15 is 0 Å². The molecule has 0 spiro atoms. The minimum atomic E-state index is -4.59. The van der Waals surface area contributed by atoms with Crippen molar-refractivity contribution in [2.24, 2.45) is 5.92 Å². The van der Waals surface area contributed by atoms with Crippen LogP contribution in [0.5, 0.6) is 0 Å². The summed E-state index contributed by atoms with van der Waals surface area (Å²) in [6, 6.07) is 3.46. The van der Waals surface area contributed by atoms with E-state index in [1.807, 2.05) is 6.92 Å². The van der Waals surface area contributed by atoms with Crippen molar-refractivity contribution in [3.05, 3.63) is 57.8 Å². The van der Waals surface area contributed by atoms with Gasteiger partial charge in [-0.3, -0.25) is 9.59 Å². The quantitative estimate of drug-likeness (QED) is 0.605. The molecule has 1 aromatic heterocycles. The largest absolute Gasteiger partial charge is 0.417 e. The Balaban J connectivity index is 2.09. The van der Waals surface area contributed by atoms with Gasteiger partial charge in [0.2, 0.25) is 0 Å². The maximum atomic E-state index is 13.3. The van der Waals surface area contributed by atoms with Gasteiger partial charge in [0.25, 0.3) is 0 Å². The van der Waals surface area contributed by atoms with Crippen molar-refractivity contribution in [2.45, 2.75) is 38.8 Å². The van der Waals surface area contributed by atoms with E-state index in [9.17, 15) is 22.8 Å². The summed E-state index contributed by atoms with van der Waals surface area (Å²) >= 11 is 1.31. The molecular formula is C19H19F3O2S. The molecule has 6 heteroatoms. The molecule has 1 aliphatic carbocycles. The fraction of sp³-hybridized carbons (Fsp3) is 0.368. The van der Waals surface area contributed by atoms with Gasteiger partial charge in [-0.15, -0.1) is 11.3 Å². The van der Waals surface area contributed by atoms with E-state index in [4.69, 9.17) is 0 Å². The van der Waals surface area contributed by atoms with E-state index in [0.29, 0.717) is 11.3 Å². The molecule has 0 fully saturated rings. The first-order valence-corrected chi connectivity index (χ1v) is 8.93. The molecule has 134 valence electrons. The SMILES string of the molecule is CC1C=CC(C(F)(F)F)=C(C(=O)CCCC(=O)c2cccs2)C=CC1. The number of ketones is 2. The Kier molecular flexibility index (Phi) is 6.53. The summed E-state index contributed by atoms with van der Waals surface area (Å²) in [5.41, 5.74) is -1.23. The van der Waals surface area contributed by atoms with E-state index < -0.39 is 17.5 Å². The topological polar surface area (TPSA) is 34.1 Å². The second kappa shape index (κ2) is 8.43. The van der Waals surface area contributed by atoms with Crippen LogP contribution in [-0.2, 0) is 4.79 Å². The molecule has 0 saturated heterocycles. The van der Waals surface area contributed by atoms with Crippen molar-refractivity contribution >= 4 is 22.9 Å². The summed E-state index contributed by atoms with van der Waals surface area (Å²) in [5.74, 6) is -0.690. The third-order valence-electron chi connectivity index (χ3n) is 3.88. The lowest BCUT2D eigenvalue weighted by atomic mass is 9.94. The third kappa shape index (κ3) is 5.53. The molecular weight excluding hydrogens is 349 g/mol. The normalized spacial score (nSPS) is 18.2. The van der Waals surface area contributed by atoms with Crippen molar-refractivity contribution in [3.63, 3.8) is 0 Å². The van der Waals surface area contributed by atoms with Gasteiger partial charge in [0.1, 0.15) is 0 Å². The van der Waals surface area contributed by atoms with Crippen LogP contribution < -0.4 is 0 Å². The summed E-state index contributed by atoms with van der Waals surface area (Å²) in [6.07, 6.45) is 1.63. The van der Waals surface area contributed by atoms with Crippen LogP contribution in [0.15, 0.2) is 53.0 Å². The number of halogens is 3. The van der Waals surface area contributed by atoms with E-state index in [1.54, 1.807) is 23.6 Å². The average Bonchev–Trinajstić information content (AvgIpc) is 3.03. The molecule has 0 bridgehead atoms. The molecule has 1 unspecified atom stereocenters. The first-order valence-electron chi connectivity index (χ1n) is 8.05. The highest BCUT2D eigenvalue weighted by molar-refractivity contribution is 7.12. The van der Waals surface area contributed by atoms with E-state index in [-0.39, 0.29) is 36.5 Å². The Labute approximate surface area is 148 Å². The molecule has 25 heavy (non-hydrogen) atoms. The number of hydrogen-bond donors (Lipinski definition) is 0. The molecule has 1 aromatic rings. The summed E-state index contributed by atoms with van der Waals surface area (Å²) in [5, 5.41) is 1.78. The van der Waals surface area contributed by atoms with Gasteiger partial charge in [-0.2, -0.15) is 13.2 Å². The summed E-state index contributed by atoms with van der Waals surface area (Å²) < 4.78 is 39.8. The second-order valence-electron chi connectivity index (χ2n) is 5.98. The number of rotatable bonds is 6. The summed E-state index contributed by atoms with van der Waals surface area (Å²) in [7, 11) is 0. The molecule has 0 saturated carbocycles. The Morgan fingerprint density at radius 2 is 1.92 bits per heavy atom. The van der Waals surface area contributed by atoms with Crippen LogP contribution in [-0.4, -0.2) is 17.7 Å². The lowest BCUT2D eigenvalue weighted by Crippen LogP contribution is -2.17. The Hall–Kier alpha value is -1.95. The van der Waals surface area contributed by atoms with Crippen molar-refractivity contribution < 1.29 is 22.8 Å². The molecule has 1 heterocycles. The summed E-state index contributed by atoms with van der Waals surface area (Å²) in [6.45, 7) is 1.82. The molecule has 1 atom stereocenters. The van der Waals surface area contributed by atoms with Gasteiger partial charge in [0.15, 0.2) is 11.6 Å². The highest BCUT2D eigenvalue weighted by atomic mass is 32.1. The minimum Gasteiger partial charge on any atom is -0.294 e. The van der Waals surface area contributed by atoms with Gasteiger partial charge in [-0.1, -0.05) is 37.3 Å². The molecule has 0 aromatic carbocycles. The second-order valence-corrected chi connectivity index (χ2v) is 6.92. The Morgan fingerprint density at radius 3 is 2.56 bits per heavy atom. The average molecular weight is 368 g/mol. The maximum Gasteiger partial charge on any atom is 0.417 e. The fourth-order valence-corrected chi connectivity index (χ4v) is 3.21. The number of allylic oxidation sites excluding steroid dienone is 6. The first kappa shape index (κ1) is 19.4. The lowest BCUT2D eigenvalue weighted by Gasteiger charge is -2.15. The van der Waals surface area contributed by atoms with Gasteiger partial charge in [0, 0.05) is 18.4 Å². The van der Waals surface area contributed by atoms with Crippen LogP contribution in [0, 0.1) is 5.92 Å². The number of thiophene rings is 1. The number of carbonyl (C=O) groups excluding carboxylic acids is 2.